The van der Waals surface area contributed by atoms with Gasteiger partial charge in [0.2, 0.25) is 0 Å². The zero-order valence-corrected chi connectivity index (χ0v) is 20.5. The number of benzene rings is 1. The number of nitrogens with one attached hydrogen (secondary N) is 3. The van der Waals surface area contributed by atoms with Crippen molar-refractivity contribution in [1.29, 1.82) is 0 Å². The molecule has 2 aromatic heterocycles. The molecule has 0 aliphatic heterocycles. The predicted octanol–water partition coefficient (Wildman–Crippen LogP) is 3.25. The number of furan rings is 1. The first-order valence-corrected chi connectivity index (χ1v) is 12.3. The number of hydrogen-bond acceptors (Lipinski definition) is 9. The molecule has 1 unspecified atom stereocenters. The standard InChI is InChI=1S/C22H30N6O3S2/c1-27(2)13-16-7-8-17(31-16)15-33-10-9-23-22(14-28(29)30)24-12-18(32)11-21-25-19-5-3-4-6-20(19)26-21/h3-8,14,18,23-24,32H,9-13,15H2,1-2H3,(H,25,26). The second-order valence-electron chi connectivity index (χ2n) is 7.85. The van der Waals surface area contributed by atoms with Gasteiger partial charge in [0.25, 0.3) is 6.20 Å². The highest BCUT2D eigenvalue weighted by Crippen LogP contribution is 2.16. The van der Waals surface area contributed by atoms with E-state index in [0.717, 1.165) is 52.6 Å². The summed E-state index contributed by atoms with van der Waals surface area (Å²) in [6, 6.07) is 11.8. The number of imidazole rings is 1. The van der Waals surface area contributed by atoms with Crippen LogP contribution in [0.2, 0.25) is 0 Å². The molecule has 9 nitrogen and oxygen atoms in total. The lowest BCUT2D eigenvalue weighted by molar-refractivity contribution is -0.404. The number of aromatic nitrogens is 2. The number of hydrogen-bond donors (Lipinski definition) is 4. The molecule has 3 aromatic rings. The van der Waals surface area contributed by atoms with Gasteiger partial charge in [0.1, 0.15) is 17.3 Å². The molecule has 0 bridgehead atoms. The van der Waals surface area contributed by atoms with Crippen molar-refractivity contribution >= 4 is 35.4 Å². The van der Waals surface area contributed by atoms with Crippen LogP contribution in [0.15, 0.2) is 52.8 Å². The Morgan fingerprint density at radius 2 is 2.09 bits per heavy atom. The predicted molar refractivity (Wildman–Crippen MR) is 136 cm³/mol. The van der Waals surface area contributed by atoms with Gasteiger partial charge in [0.05, 0.1) is 28.3 Å². The van der Waals surface area contributed by atoms with Gasteiger partial charge in [-0.2, -0.15) is 24.4 Å². The third-order valence-electron chi connectivity index (χ3n) is 4.63. The fourth-order valence-electron chi connectivity index (χ4n) is 3.21. The van der Waals surface area contributed by atoms with Gasteiger partial charge in [0, 0.05) is 30.5 Å². The van der Waals surface area contributed by atoms with Crippen LogP contribution in [0.3, 0.4) is 0 Å². The molecule has 33 heavy (non-hydrogen) atoms. The lowest BCUT2D eigenvalue weighted by atomic mass is 10.3. The third-order valence-corrected chi connectivity index (χ3v) is 5.97. The molecule has 0 spiro atoms. The molecule has 11 heteroatoms. The van der Waals surface area contributed by atoms with Gasteiger partial charge in [0.15, 0.2) is 5.82 Å². The maximum atomic E-state index is 11.0. The topological polar surface area (TPSA) is 112 Å². The van der Waals surface area contributed by atoms with Gasteiger partial charge in [-0.1, -0.05) is 12.1 Å². The van der Waals surface area contributed by atoms with Crippen LogP contribution in [0.4, 0.5) is 0 Å². The van der Waals surface area contributed by atoms with E-state index in [1.165, 1.54) is 0 Å². The minimum atomic E-state index is -0.468. The molecule has 178 valence electrons. The molecule has 0 saturated heterocycles. The van der Waals surface area contributed by atoms with E-state index in [-0.39, 0.29) is 5.25 Å². The van der Waals surface area contributed by atoms with Crippen molar-refractivity contribution in [2.24, 2.45) is 0 Å². The van der Waals surface area contributed by atoms with Crippen molar-refractivity contribution in [3.8, 4) is 0 Å². The highest BCUT2D eigenvalue weighted by Gasteiger charge is 2.11. The third kappa shape index (κ3) is 8.67. The lowest BCUT2D eigenvalue weighted by Crippen LogP contribution is -2.33. The molecule has 0 fully saturated rings. The van der Waals surface area contributed by atoms with Crippen LogP contribution in [-0.2, 0) is 18.7 Å². The largest absolute Gasteiger partial charge is 0.464 e. The Morgan fingerprint density at radius 1 is 1.30 bits per heavy atom. The smallest absolute Gasteiger partial charge is 0.274 e. The van der Waals surface area contributed by atoms with Crippen LogP contribution < -0.4 is 10.6 Å². The van der Waals surface area contributed by atoms with E-state index in [1.807, 2.05) is 50.5 Å². The fraction of sp³-hybridized carbons (Fsp3) is 0.409. The fourth-order valence-corrected chi connectivity index (χ4v) is 4.22. The highest BCUT2D eigenvalue weighted by molar-refractivity contribution is 7.98. The Hall–Kier alpha value is -2.63. The first-order valence-electron chi connectivity index (χ1n) is 10.6. The summed E-state index contributed by atoms with van der Waals surface area (Å²) in [7, 11) is 4.00. The van der Waals surface area contributed by atoms with Gasteiger partial charge in [-0.3, -0.25) is 10.1 Å². The second-order valence-corrected chi connectivity index (χ2v) is 9.69. The molecule has 2 heterocycles. The molecule has 0 amide bonds. The number of aromatic amines is 1. The quantitative estimate of drug-likeness (QED) is 0.118. The number of rotatable bonds is 14. The molecule has 3 N–H and O–H groups in total. The molecule has 1 aromatic carbocycles. The maximum absolute atomic E-state index is 11.0. The van der Waals surface area contributed by atoms with Crippen molar-refractivity contribution in [3.63, 3.8) is 0 Å². The summed E-state index contributed by atoms with van der Waals surface area (Å²) in [6.45, 7) is 1.82. The Kier molecular flexibility index (Phi) is 9.52. The molecular weight excluding hydrogens is 460 g/mol. The molecular formula is C22H30N6O3S2. The number of fused-ring (bicyclic) bond motifs is 1. The van der Waals surface area contributed by atoms with E-state index in [9.17, 15) is 10.1 Å². The van der Waals surface area contributed by atoms with E-state index in [4.69, 9.17) is 4.42 Å². The first kappa shape index (κ1) is 25.0. The van der Waals surface area contributed by atoms with E-state index in [2.05, 4.69) is 38.1 Å². The SMILES string of the molecule is CN(C)Cc1ccc(CSCCNC(=C[N+](=O)[O-])NCC(S)Cc2nc3ccccc3[nH]2)o1. The van der Waals surface area contributed by atoms with Crippen molar-refractivity contribution in [2.45, 2.75) is 24.0 Å². The summed E-state index contributed by atoms with van der Waals surface area (Å²) in [5, 5.41) is 17.1. The van der Waals surface area contributed by atoms with Crippen LogP contribution >= 0.6 is 24.4 Å². The van der Waals surface area contributed by atoms with Crippen LogP contribution in [0.5, 0.6) is 0 Å². The number of thioether (sulfide) groups is 1. The van der Waals surface area contributed by atoms with Gasteiger partial charge < -0.3 is 24.9 Å². The zero-order valence-electron chi connectivity index (χ0n) is 18.8. The molecule has 0 saturated carbocycles. The van der Waals surface area contributed by atoms with Gasteiger partial charge in [-0.25, -0.2) is 4.98 Å². The Labute approximate surface area is 203 Å². The van der Waals surface area contributed by atoms with E-state index < -0.39 is 4.92 Å². The lowest BCUT2D eigenvalue weighted by Gasteiger charge is -2.14. The zero-order chi connectivity index (χ0) is 23.6. The van der Waals surface area contributed by atoms with Crippen molar-refractivity contribution < 1.29 is 9.34 Å². The highest BCUT2D eigenvalue weighted by atomic mass is 32.2. The van der Waals surface area contributed by atoms with Crippen molar-refractivity contribution in [2.75, 3.05) is 32.9 Å². The Bertz CT molecular complexity index is 1030. The van der Waals surface area contributed by atoms with Gasteiger partial charge >= 0.3 is 0 Å². The second kappa shape index (κ2) is 12.6. The summed E-state index contributed by atoms with van der Waals surface area (Å²) in [5.41, 5.74) is 1.90. The van der Waals surface area contributed by atoms with Crippen LogP contribution in [0.1, 0.15) is 17.3 Å². The normalized spacial score (nSPS) is 12.9. The summed E-state index contributed by atoms with van der Waals surface area (Å²) < 4.78 is 5.80. The minimum Gasteiger partial charge on any atom is -0.464 e. The van der Waals surface area contributed by atoms with E-state index in [1.54, 1.807) is 11.8 Å². The van der Waals surface area contributed by atoms with Gasteiger partial charge in [-0.05, 0) is 38.4 Å². The minimum absolute atomic E-state index is 0.0628. The van der Waals surface area contributed by atoms with E-state index in [0.29, 0.717) is 25.3 Å². The van der Waals surface area contributed by atoms with Gasteiger partial charge in [-0.15, -0.1) is 0 Å². The molecule has 1 atom stereocenters. The van der Waals surface area contributed by atoms with Crippen molar-refractivity contribution in [1.82, 2.24) is 25.5 Å². The number of nitro groups is 1. The first-order chi connectivity index (χ1) is 15.9. The number of nitrogens with zero attached hydrogens (tertiary/aromatic N) is 3. The number of H-pyrrole nitrogens is 1. The summed E-state index contributed by atoms with van der Waals surface area (Å²) in [6.07, 6.45) is 1.57. The van der Waals surface area contributed by atoms with Crippen LogP contribution in [0.25, 0.3) is 11.0 Å². The summed E-state index contributed by atoms with van der Waals surface area (Å²) >= 11 is 6.32. The summed E-state index contributed by atoms with van der Waals surface area (Å²) in [4.78, 5) is 20.4. The van der Waals surface area contributed by atoms with Crippen molar-refractivity contribution in [3.05, 3.63) is 75.9 Å². The molecule has 0 aliphatic carbocycles. The average Bonchev–Trinajstić information content (AvgIpc) is 3.36. The summed E-state index contributed by atoms with van der Waals surface area (Å²) in [5.74, 6) is 4.62. The number of para-hydroxylation sites is 2. The van der Waals surface area contributed by atoms with E-state index >= 15 is 0 Å². The molecule has 0 aliphatic rings. The number of thiol groups is 1. The van der Waals surface area contributed by atoms with Crippen LogP contribution in [-0.4, -0.2) is 58.0 Å². The Balaban J connectivity index is 1.39. The molecule has 0 radical (unpaired) electrons. The monoisotopic (exact) mass is 490 g/mol. The molecule has 3 rings (SSSR count). The average molecular weight is 491 g/mol. The Morgan fingerprint density at radius 3 is 2.85 bits per heavy atom. The van der Waals surface area contributed by atoms with Crippen LogP contribution in [0, 0.1) is 10.1 Å². The maximum Gasteiger partial charge on any atom is 0.274 e.